The number of fused-ring (bicyclic) bond motifs is 1. The molecule has 134 valence electrons. The molecule has 0 spiro atoms. The van der Waals surface area contributed by atoms with Crippen molar-refractivity contribution in [3.05, 3.63) is 12.2 Å². The Labute approximate surface area is 144 Å². The van der Waals surface area contributed by atoms with E-state index in [1.54, 1.807) is 6.33 Å². The van der Waals surface area contributed by atoms with Crippen molar-refractivity contribution in [3.63, 3.8) is 0 Å². The third-order valence-corrected chi connectivity index (χ3v) is 4.93. The van der Waals surface area contributed by atoms with Crippen LogP contribution in [-0.2, 0) is 13.0 Å². The van der Waals surface area contributed by atoms with Crippen molar-refractivity contribution in [2.45, 2.75) is 38.4 Å². The zero-order valence-corrected chi connectivity index (χ0v) is 15.1. The van der Waals surface area contributed by atoms with Gasteiger partial charge in [0.2, 0.25) is 0 Å². The van der Waals surface area contributed by atoms with Gasteiger partial charge < -0.3 is 15.5 Å². The van der Waals surface area contributed by atoms with Gasteiger partial charge in [-0.1, -0.05) is 0 Å². The minimum absolute atomic E-state index is 0.351. The number of nitrogens with one attached hydrogen (secondary N) is 2. The van der Waals surface area contributed by atoms with E-state index in [9.17, 15) is 0 Å². The fraction of sp³-hybridized carbons (Fsp3) is 0.812. The van der Waals surface area contributed by atoms with Gasteiger partial charge in [-0.15, -0.1) is 0 Å². The van der Waals surface area contributed by atoms with Crippen molar-refractivity contribution in [1.82, 2.24) is 35.2 Å². The van der Waals surface area contributed by atoms with Crippen LogP contribution in [0.25, 0.3) is 0 Å². The summed E-state index contributed by atoms with van der Waals surface area (Å²) in [7, 11) is 4.38. The average Bonchev–Trinajstić information content (AvgIpc) is 3.03. The fourth-order valence-electron chi connectivity index (χ4n) is 3.36. The van der Waals surface area contributed by atoms with Gasteiger partial charge in [-0.25, -0.2) is 9.67 Å². The summed E-state index contributed by atoms with van der Waals surface area (Å²) in [5.74, 6) is 1.99. The summed E-state index contributed by atoms with van der Waals surface area (Å²) in [6, 6.07) is 0.830. The molecule has 2 aliphatic rings. The molecular weight excluding hydrogens is 304 g/mol. The quantitative estimate of drug-likeness (QED) is 0.566. The van der Waals surface area contributed by atoms with Crippen molar-refractivity contribution in [1.29, 1.82) is 0 Å². The second-order valence-electron chi connectivity index (χ2n) is 6.85. The molecule has 2 atom stereocenters. The largest absolute Gasteiger partial charge is 0.357 e. The van der Waals surface area contributed by atoms with Gasteiger partial charge in [0.15, 0.2) is 5.96 Å². The predicted octanol–water partition coefficient (Wildman–Crippen LogP) is -0.606. The highest BCUT2D eigenvalue weighted by molar-refractivity contribution is 5.80. The lowest BCUT2D eigenvalue weighted by molar-refractivity contribution is 0.119. The predicted molar refractivity (Wildman–Crippen MR) is 95.2 cm³/mol. The van der Waals surface area contributed by atoms with Crippen LogP contribution in [0.5, 0.6) is 0 Å². The van der Waals surface area contributed by atoms with Gasteiger partial charge in [0.05, 0.1) is 13.1 Å². The van der Waals surface area contributed by atoms with Gasteiger partial charge in [0, 0.05) is 44.7 Å². The molecule has 2 N–H and O–H groups in total. The summed E-state index contributed by atoms with van der Waals surface area (Å²) in [6.07, 6.45) is 3.68. The van der Waals surface area contributed by atoms with Crippen LogP contribution in [0, 0.1) is 0 Å². The smallest absolute Gasteiger partial charge is 0.191 e. The maximum absolute atomic E-state index is 4.84. The van der Waals surface area contributed by atoms with Crippen molar-refractivity contribution in [2.75, 3.05) is 46.8 Å². The van der Waals surface area contributed by atoms with E-state index >= 15 is 0 Å². The van der Waals surface area contributed by atoms with Crippen molar-refractivity contribution in [2.24, 2.45) is 4.99 Å². The molecule has 1 saturated heterocycles. The maximum atomic E-state index is 4.84. The number of guanidine groups is 1. The van der Waals surface area contributed by atoms with E-state index in [-0.39, 0.29) is 0 Å². The van der Waals surface area contributed by atoms with Gasteiger partial charge in [0.1, 0.15) is 12.2 Å². The molecule has 0 saturated carbocycles. The number of piperazine rings is 1. The number of nitrogens with zero attached hydrogens (tertiary/aromatic N) is 6. The SMILES string of the molecule is CCNC(=NCC1CN(C)CCN1C)NC1CCc2ncnn2C1. The number of hydrogen-bond acceptors (Lipinski definition) is 5. The van der Waals surface area contributed by atoms with Crippen LogP contribution in [0.3, 0.4) is 0 Å². The van der Waals surface area contributed by atoms with E-state index in [4.69, 9.17) is 4.99 Å². The molecule has 24 heavy (non-hydrogen) atoms. The first-order chi connectivity index (χ1) is 11.7. The topological polar surface area (TPSA) is 73.6 Å². The lowest BCUT2D eigenvalue weighted by Crippen LogP contribution is -2.52. The molecule has 1 aromatic rings. The lowest BCUT2D eigenvalue weighted by atomic mass is 10.1. The van der Waals surface area contributed by atoms with Crippen LogP contribution >= 0.6 is 0 Å². The Bertz CT molecular complexity index is 554. The molecule has 0 bridgehead atoms. The number of aromatic nitrogens is 3. The van der Waals surface area contributed by atoms with Gasteiger partial charge in [0.25, 0.3) is 0 Å². The van der Waals surface area contributed by atoms with E-state index in [1.165, 1.54) is 0 Å². The second-order valence-corrected chi connectivity index (χ2v) is 6.85. The molecule has 1 aromatic heterocycles. The molecule has 0 radical (unpaired) electrons. The molecule has 1 fully saturated rings. The minimum atomic E-state index is 0.351. The molecule has 2 unspecified atom stereocenters. The fourth-order valence-corrected chi connectivity index (χ4v) is 3.36. The highest BCUT2D eigenvalue weighted by Gasteiger charge is 2.23. The van der Waals surface area contributed by atoms with E-state index in [0.29, 0.717) is 12.1 Å². The molecule has 0 amide bonds. The molecule has 3 rings (SSSR count). The highest BCUT2D eigenvalue weighted by Crippen LogP contribution is 2.11. The third-order valence-electron chi connectivity index (χ3n) is 4.93. The number of aliphatic imine (C=N–C) groups is 1. The highest BCUT2D eigenvalue weighted by atomic mass is 15.4. The summed E-state index contributed by atoms with van der Waals surface area (Å²) in [4.78, 5) is 13.9. The number of rotatable bonds is 4. The number of aryl methyl sites for hydroxylation is 1. The van der Waals surface area contributed by atoms with Crippen LogP contribution in [0.1, 0.15) is 19.2 Å². The monoisotopic (exact) mass is 334 g/mol. The Morgan fingerprint density at radius 2 is 2.21 bits per heavy atom. The van der Waals surface area contributed by atoms with Crippen LogP contribution in [0.4, 0.5) is 0 Å². The molecule has 8 heteroatoms. The van der Waals surface area contributed by atoms with Crippen molar-refractivity contribution >= 4 is 5.96 Å². The normalized spacial score (nSPS) is 26.2. The van der Waals surface area contributed by atoms with E-state index in [2.05, 4.69) is 51.5 Å². The Hall–Kier alpha value is -1.67. The molecule has 0 aliphatic carbocycles. The Morgan fingerprint density at radius 3 is 3.04 bits per heavy atom. The summed E-state index contributed by atoms with van der Waals surface area (Å²) in [6.45, 7) is 7.96. The van der Waals surface area contributed by atoms with E-state index in [0.717, 1.165) is 63.9 Å². The van der Waals surface area contributed by atoms with Gasteiger partial charge in [-0.3, -0.25) is 9.89 Å². The molecule has 2 aliphatic heterocycles. The summed E-state index contributed by atoms with van der Waals surface area (Å²) in [5.41, 5.74) is 0. The van der Waals surface area contributed by atoms with Crippen LogP contribution in [-0.4, -0.2) is 89.4 Å². The summed E-state index contributed by atoms with van der Waals surface area (Å²) in [5, 5.41) is 11.2. The number of likely N-dealkylation sites (N-methyl/N-ethyl adjacent to an activating group) is 2. The first-order valence-corrected chi connectivity index (χ1v) is 8.96. The standard InChI is InChI=1S/C16H30N8/c1-4-17-16(18-9-14-11-22(2)7-8-23(14)3)21-13-5-6-15-19-12-20-24(15)10-13/h12-14H,4-11H2,1-3H3,(H2,17,18,21). The molecular formula is C16H30N8. The second kappa shape index (κ2) is 7.94. The summed E-state index contributed by atoms with van der Waals surface area (Å²) >= 11 is 0. The Morgan fingerprint density at radius 1 is 1.33 bits per heavy atom. The zero-order chi connectivity index (χ0) is 16.9. The first-order valence-electron chi connectivity index (χ1n) is 8.96. The third kappa shape index (κ3) is 4.24. The Kier molecular flexibility index (Phi) is 5.68. The van der Waals surface area contributed by atoms with E-state index in [1.807, 2.05) is 4.68 Å². The zero-order valence-electron chi connectivity index (χ0n) is 15.1. The van der Waals surface area contributed by atoms with Gasteiger partial charge in [-0.05, 0) is 27.4 Å². The summed E-state index contributed by atoms with van der Waals surface area (Å²) < 4.78 is 1.99. The van der Waals surface area contributed by atoms with Crippen LogP contribution in [0.15, 0.2) is 11.3 Å². The minimum Gasteiger partial charge on any atom is -0.357 e. The van der Waals surface area contributed by atoms with E-state index < -0.39 is 0 Å². The molecule has 0 aromatic carbocycles. The van der Waals surface area contributed by atoms with Crippen LogP contribution in [0.2, 0.25) is 0 Å². The molecule has 3 heterocycles. The lowest BCUT2D eigenvalue weighted by Gasteiger charge is -2.37. The first kappa shape index (κ1) is 17.2. The number of hydrogen-bond donors (Lipinski definition) is 2. The Balaban J connectivity index is 1.58. The van der Waals surface area contributed by atoms with Crippen molar-refractivity contribution in [3.8, 4) is 0 Å². The van der Waals surface area contributed by atoms with Gasteiger partial charge >= 0.3 is 0 Å². The maximum Gasteiger partial charge on any atom is 0.191 e. The van der Waals surface area contributed by atoms with Crippen LogP contribution < -0.4 is 10.6 Å². The molecule has 8 nitrogen and oxygen atoms in total. The van der Waals surface area contributed by atoms with Crippen molar-refractivity contribution < 1.29 is 0 Å². The van der Waals surface area contributed by atoms with Gasteiger partial charge in [-0.2, -0.15) is 5.10 Å². The average molecular weight is 334 g/mol.